The number of aliphatic hydroxyl groups is 1. The fraction of sp³-hybridized carbons (Fsp3) is 0.538. The van der Waals surface area contributed by atoms with Gasteiger partial charge in [0.2, 0.25) is 0 Å². The Labute approximate surface area is 101 Å². The van der Waals surface area contributed by atoms with Crippen molar-refractivity contribution < 1.29 is 9.90 Å². The normalized spacial score (nSPS) is 19.6. The molecule has 4 heteroatoms. The smallest absolute Gasteiger partial charge is 0.163 e. The minimum Gasteiger partial charge on any atom is -0.396 e. The summed E-state index contributed by atoms with van der Waals surface area (Å²) < 4.78 is 0. The maximum atomic E-state index is 11.5. The predicted octanol–water partition coefficient (Wildman–Crippen LogP) is 1.49. The lowest BCUT2D eigenvalue weighted by molar-refractivity contribution is 0.101. The van der Waals surface area contributed by atoms with Crippen LogP contribution in [-0.2, 0) is 0 Å². The minimum absolute atomic E-state index is 0.0544. The molecule has 0 spiro atoms. The molecule has 1 N–H and O–H groups in total. The van der Waals surface area contributed by atoms with Crippen molar-refractivity contribution in [3.8, 4) is 0 Å². The second kappa shape index (κ2) is 5.27. The van der Waals surface area contributed by atoms with Gasteiger partial charge in [-0.25, -0.2) is 4.98 Å². The van der Waals surface area contributed by atoms with Crippen LogP contribution in [0.4, 0.5) is 5.82 Å². The zero-order valence-corrected chi connectivity index (χ0v) is 10.1. The standard InChI is InChI=1S/C13H18N2O2/c1-10(17)12-3-2-6-14-13(12)15-7-4-11(9-15)5-8-16/h2-3,6,11,16H,4-5,7-9H2,1H3. The predicted molar refractivity (Wildman–Crippen MR) is 66.3 cm³/mol. The molecule has 0 aliphatic carbocycles. The third-order valence-electron chi connectivity index (χ3n) is 3.29. The Morgan fingerprint density at radius 2 is 2.47 bits per heavy atom. The van der Waals surface area contributed by atoms with E-state index in [1.165, 1.54) is 0 Å². The molecule has 1 fully saturated rings. The molecule has 2 heterocycles. The van der Waals surface area contributed by atoms with E-state index in [4.69, 9.17) is 5.11 Å². The van der Waals surface area contributed by atoms with Crippen molar-refractivity contribution in [1.29, 1.82) is 0 Å². The summed E-state index contributed by atoms with van der Waals surface area (Å²) in [5.74, 6) is 1.36. The average molecular weight is 234 g/mol. The van der Waals surface area contributed by atoms with Gasteiger partial charge in [-0.05, 0) is 37.8 Å². The Bertz CT molecular complexity index is 406. The van der Waals surface area contributed by atoms with Crippen LogP contribution in [0.1, 0.15) is 30.1 Å². The molecule has 1 aliphatic rings. The van der Waals surface area contributed by atoms with Gasteiger partial charge in [-0.3, -0.25) is 4.79 Å². The van der Waals surface area contributed by atoms with Crippen LogP contribution in [0.2, 0.25) is 0 Å². The summed E-state index contributed by atoms with van der Waals surface area (Å²) in [6, 6.07) is 3.62. The summed E-state index contributed by atoms with van der Waals surface area (Å²) in [6.07, 6.45) is 3.62. The van der Waals surface area contributed by atoms with Gasteiger partial charge in [0.25, 0.3) is 0 Å². The first-order chi connectivity index (χ1) is 8.22. The Hall–Kier alpha value is -1.42. The fourth-order valence-corrected chi connectivity index (χ4v) is 2.37. The monoisotopic (exact) mass is 234 g/mol. The van der Waals surface area contributed by atoms with Gasteiger partial charge in [0.15, 0.2) is 5.78 Å². The maximum absolute atomic E-state index is 11.5. The SMILES string of the molecule is CC(=O)c1cccnc1N1CCC(CCO)C1. The molecule has 92 valence electrons. The number of carbonyl (C=O) groups is 1. The van der Waals surface area contributed by atoms with Crippen molar-refractivity contribution in [3.63, 3.8) is 0 Å². The van der Waals surface area contributed by atoms with Crippen LogP contribution in [0.15, 0.2) is 18.3 Å². The zero-order valence-electron chi connectivity index (χ0n) is 10.1. The molecule has 17 heavy (non-hydrogen) atoms. The van der Waals surface area contributed by atoms with E-state index in [1.807, 2.05) is 6.07 Å². The van der Waals surface area contributed by atoms with Crippen molar-refractivity contribution in [3.05, 3.63) is 23.9 Å². The summed E-state index contributed by atoms with van der Waals surface area (Å²) in [7, 11) is 0. The van der Waals surface area contributed by atoms with Gasteiger partial charge in [0.05, 0.1) is 5.56 Å². The molecule has 0 aromatic carbocycles. The van der Waals surface area contributed by atoms with E-state index in [0.717, 1.165) is 31.7 Å². The highest BCUT2D eigenvalue weighted by Gasteiger charge is 2.25. The molecule has 0 bridgehead atoms. The van der Waals surface area contributed by atoms with Crippen LogP contribution in [0.5, 0.6) is 0 Å². The van der Waals surface area contributed by atoms with Crippen LogP contribution in [0, 0.1) is 5.92 Å². The number of aromatic nitrogens is 1. The van der Waals surface area contributed by atoms with E-state index < -0.39 is 0 Å². The summed E-state index contributed by atoms with van der Waals surface area (Å²) in [5, 5.41) is 8.94. The number of ketones is 1. The van der Waals surface area contributed by atoms with E-state index in [9.17, 15) is 4.79 Å². The lowest BCUT2D eigenvalue weighted by Crippen LogP contribution is -2.23. The molecule has 0 saturated carbocycles. The molecule has 0 amide bonds. The second-order valence-electron chi connectivity index (χ2n) is 4.54. The topological polar surface area (TPSA) is 53.4 Å². The van der Waals surface area contributed by atoms with Gasteiger partial charge in [0.1, 0.15) is 5.82 Å². The lowest BCUT2D eigenvalue weighted by Gasteiger charge is -2.19. The van der Waals surface area contributed by atoms with Crippen LogP contribution < -0.4 is 4.90 Å². The number of hydrogen-bond donors (Lipinski definition) is 1. The third-order valence-corrected chi connectivity index (χ3v) is 3.29. The molecule has 0 radical (unpaired) electrons. The van der Waals surface area contributed by atoms with E-state index in [1.54, 1.807) is 19.2 Å². The highest BCUT2D eigenvalue weighted by molar-refractivity contribution is 5.98. The van der Waals surface area contributed by atoms with Crippen molar-refractivity contribution in [2.45, 2.75) is 19.8 Å². The van der Waals surface area contributed by atoms with Gasteiger partial charge in [0, 0.05) is 25.9 Å². The van der Waals surface area contributed by atoms with E-state index in [-0.39, 0.29) is 12.4 Å². The first-order valence-electron chi connectivity index (χ1n) is 6.04. The Kier molecular flexibility index (Phi) is 3.74. The van der Waals surface area contributed by atoms with Gasteiger partial charge in [-0.1, -0.05) is 0 Å². The Balaban J connectivity index is 2.16. The van der Waals surface area contributed by atoms with Gasteiger partial charge in [-0.2, -0.15) is 0 Å². The van der Waals surface area contributed by atoms with E-state index in [2.05, 4.69) is 9.88 Å². The first kappa shape index (κ1) is 12.0. The molecule has 1 aromatic rings. The molecule has 1 unspecified atom stereocenters. The van der Waals surface area contributed by atoms with Gasteiger partial charge >= 0.3 is 0 Å². The molecular weight excluding hydrogens is 216 g/mol. The van der Waals surface area contributed by atoms with E-state index in [0.29, 0.717) is 11.5 Å². The van der Waals surface area contributed by atoms with Crippen molar-refractivity contribution >= 4 is 11.6 Å². The van der Waals surface area contributed by atoms with Crippen LogP contribution in [-0.4, -0.2) is 35.6 Å². The number of aliphatic hydroxyl groups excluding tert-OH is 1. The zero-order chi connectivity index (χ0) is 12.3. The summed E-state index contributed by atoms with van der Waals surface area (Å²) in [4.78, 5) is 18.0. The number of hydrogen-bond acceptors (Lipinski definition) is 4. The highest BCUT2D eigenvalue weighted by atomic mass is 16.3. The lowest BCUT2D eigenvalue weighted by atomic mass is 10.1. The maximum Gasteiger partial charge on any atom is 0.163 e. The van der Waals surface area contributed by atoms with Crippen molar-refractivity contribution in [2.24, 2.45) is 5.92 Å². The number of carbonyl (C=O) groups excluding carboxylic acids is 1. The molecule has 1 aliphatic heterocycles. The van der Waals surface area contributed by atoms with Crippen LogP contribution in [0.25, 0.3) is 0 Å². The van der Waals surface area contributed by atoms with Crippen molar-refractivity contribution in [2.75, 3.05) is 24.6 Å². The highest BCUT2D eigenvalue weighted by Crippen LogP contribution is 2.26. The minimum atomic E-state index is 0.0544. The van der Waals surface area contributed by atoms with Gasteiger partial charge in [-0.15, -0.1) is 0 Å². The number of Topliss-reactive ketones (excluding diaryl/α,β-unsaturated/α-hetero) is 1. The summed E-state index contributed by atoms with van der Waals surface area (Å²) in [5.41, 5.74) is 0.692. The fourth-order valence-electron chi connectivity index (χ4n) is 2.37. The summed E-state index contributed by atoms with van der Waals surface area (Å²) >= 11 is 0. The number of anilines is 1. The largest absolute Gasteiger partial charge is 0.396 e. The molecule has 1 aromatic heterocycles. The average Bonchev–Trinajstić information content (AvgIpc) is 2.78. The molecule has 4 nitrogen and oxygen atoms in total. The van der Waals surface area contributed by atoms with Crippen LogP contribution in [0.3, 0.4) is 0 Å². The molecule has 1 saturated heterocycles. The Morgan fingerprint density at radius 1 is 1.65 bits per heavy atom. The van der Waals surface area contributed by atoms with Gasteiger partial charge < -0.3 is 10.0 Å². The Morgan fingerprint density at radius 3 is 3.18 bits per heavy atom. The van der Waals surface area contributed by atoms with Crippen LogP contribution >= 0.6 is 0 Å². The first-order valence-corrected chi connectivity index (χ1v) is 6.04. The molecule has 2 rings (SSSR count). The third kappa shape index (κ3) is 2.64. The molecule has 1 atom stereocenters. The van der Waals surface area contributed by atoms with Crippen molar-refractivity contribution in [1.82, 2.24) is 4.98 Å². The number of pyridine rings is 1. The van der Waals surface area contributed by atoms with E-state index >= 15 is 0 Å². The summed E-state index contributed by atoms with van der Waals surface area (Å²) in [6.45, 7) is 3.61. The number of nitrogens with zero attached hydrogens (tertiary/aromatic N) is 2. The number of rotatable bonds is 4. The quantitative estimate of drug-likeness (QED) is 0.802. The molecular formula is C13H18N2O2. The second-order valence-corrected chi connectivity index (χ2v) is 4.54.